The van der Waals surface area contributed by atoms with E-state index < -0.39 is 17.7 Å². The van der Waals surface area contributed by atoms with Gasteiger partial charge in [0.05, 0.1) is 30.5 Å². The molecule has 3 aromatic carbocycles. The molecule has 4 heterocycles. The SMILES string of the molecule is CCCOc1ccc(C2/C(=C(\O)c3c(C)nc4ccccn34)C(=O)C(=O)N2c2nnc(SCc3cccc4ccccc34)s2)cc1OCC. The van der Waals surface area contributed by atoms with Crippen molar-refractivity contribution in [3.8, 4) is 11.5 Å². The van der Waals surface area contributed by atoms with Gasteiger partial charge < -0.3 is 14.6 Å². The van der Waals surface area contributed by atoms with Crippen molar-refractivity contribution in [2.45, 2.75) is 43.3 Å². The molecule has 0 radical (unpaired) electrons. The summed E-state index contributed by atoms with van der Waals surface area (Å²) in [4.78, 5) is 33.8. The van der Waals surface area contributed by atoms with E-state index in [1.54, 1.807) is 35.7 Å². The molecule has 0 bridgehead atoms. The van der Waals surface area contributed by atoms with Crippen LogP contribution in [0.3, 0.4) is 0 Å². The third-order valence-electron chi connectivity index (χ3n) is 8.25. The summed E-state index contributed by atoms with van der Waals surface area (Å²) in [5, 5.41) is 23.3. The molecule has 1 N–H and O–H groups in total. The second-order valence-corrected chi connectivity index (χ2v) is 13.6. The highest BCUT2D eigenvalue weighted by molar-refractivity contribution is 8.00. The molecular weight excluding hydrogens is 659 g/mol. The largest absolute Gasteiger partial charge is 0.505 e. The van der Waals surface area contributed by atoms with Crippen LogP contribution in [-0.4, -0.2) is 49.6 Å². The summed E-state index contributed by atoms with van der Waals surface area (Å²) >= 11 is 2.73. The van der Waals surface area contributed by atoms with Crippen molar-refractivity contribution in [1.29, 1.82) is 0 Å². The average Bonchev–Trinajstić information content (AvgIpc) is 3.79. The lowest BCUT2D eigenvalue weighted by atomic mass is 9.96. The normalized spacial score (nSPS) is 15.8. The number of thioether (sulfide) groups is 1. The Morgan fingerprint density at radius 1 is 0.959 bits per heavy atom. The number of benzene rings is 3. The minimum Gasteiger partial charge on any atom is -0.505 e. The molecule has 1 saturated heterocycles. The molecule has 1 aliphatic heterocycles. The molecule has 0 spiro atoms. The second-order valence-electron chi connectivity index (χ2n) is 11.4. The number of aliphatic hydroxyl groups is 1. The van der Waals surface area contributed by atoms with Crippen LogP contribution in [0.4, 0.5) is 5.13 Å². The quantitative estimate of drug-likeness (QED) is 0.0478. The maximum Gasteiger partial charge on any atom is 0.301 e. The zero-order valence-electron chi connectivity index (χ0n) is 27.1. The first kappa shape index (κ1) is 32.4. The van der Waals surface area contributed by atoms with Gasteiger partial charge in [-0.2, -0.15) is 0 Å². The number of fused-ring (bicyclic) bond motifs is 2. The zero-order chi connectivity index (χ0) is 34.1. The molecule has 248 valence electrons. The lowest BCUT2D eigenvalue weighted by molar-refractivity contribution is -0.132. The van der Waals surface area contributed by atoms with Gasteiger partial charge in [0.2, 0.25) is 5.13 Å². The van der Waals surface area contributed by atoms with Crippen molar-refractivity contribution in [2.75, 3.05) is 18.1 Å². The fourth-order valence-electron chi connectivity index (χ4n) is 6.08. The Kier molecular flexibility index (Phi) is 9.07. The summed E-state index contributed by atoms with van der Waals surface area (Å²) in [6.45, 7) is 6.51. The van der Waals surface area contributed by atoms with E-state index in [9.17, 15) is 14.7 Å². The lowest BCUT2D eigenvalue weighted by Crippen LogP contribution is -2.29. The van der Waals surface area contributed by atoms with Crippen LogP contribution < -0.4 is 14.4 Å². The first-order valence-corrected chi connectivity index (χ1v) is 17.8. The minimum atomic E-state index is -1.03. The summed E-state index contributed by atoms with van der Waals surface area (Å²) in [5.74, 6) is -0.329. The highest BCUT2D eigenvalue weighted by Gasteiger charge is 2.49. The standard InChI is InChI=1S/C37H33N5O5S2/c1-4-19-47-27-17-16-24(20-28(27)46-5-2)32-30(33(43)31-22(3)38-29-15-8-9-18-41(29)31)34(44)35(45)42(32)36-39-40-37(49-36)48-21-25-13-10-12-23-11-6-7-14-26(23)25/h6-18,20,32,43H,4-5,19,21H2,1-3H3/b33-30+. The topological polar surface area (TPSA) is 119 Å². The molecule has 0 saturated carbocycles. The van der Waals surface area contributed by atoms with Crippen LogP contribution in [0.5, 0.6) is 11.5 Å². The van der Waals surface area contributed by atoms with Gasteiger partial charge in [-0.25, -0.2) is 4.98 Å². The van der Waals surface area contributed by atoms with Crippen LogP contribution >= 0.6 is 23.1 Å². The minimum absolute atomic E-state index is 0.0800. The van der Waals surface area contributed by atoms with Gasteiger partial charge in [-0.15, -0.1) is 10.2 Å². The monoisotopic (exact) mass is 691 g/mol. The Balaban J connectivity index is 1.32. The molecular formula is C37H33N5O5S2. The number of ketones is 1. The molecule has 12 heteroatoms. The Morgan fingerprint density at radius 3 is 2.61 bits per heavy atom. The smallest absolute Gasteiger partial charge is 0.301 e. The van der Waals surface area contributed by atoms with Crippen LogP contribution in [0.25, 0.3) is 22.2 Å². The van der Waals surface area contributed by atoms with Crippen LogP contribution in [0.1, 0.15) is 48.8 Å². The summed E-state index contributed by atoms with van der Waals surface area (Å²) in [6, 6.07) is 24.1. The third kappa shape index (κ3) is 6.02. The number of aromatic nitrogens is 4. The van der Waals surface area contributed by atoms with Crippen molar-refractivity contribution in [1.82, 2.24) is 19.6 Å². The van der Waals surface area contributed by atoms with Crippen LogP contribution in [0.2, 0.25) is 0 Å². The first-order valence-electron chi connectivity index (χ1n) is 16.0. The molecule has 3 aromatic heterocycles. The van der Waals surface area contributed by atoms with Crippen molar-refractivity contribution >= 4 is 62.1 Å². The molecule has 10 nitrogen and oxygen atoms in total. The maximum atomic E-state index is 14.0. The molecule has 0 aliphatic carbocycles. The van der Waals surface area contributed by atoms with Gasteiger partial charge in [-0.1, -0.05) is 84.6 Å². The molecule has 1 fully saturated rings. The number of hydrogen-bond donors (Lipinski definition) is 1. The number of hydrogen-bond acceptors (Lipinski definition) is 10. The average molecular weight is 692 g/mol. The summed E-state index contributed by atoms with van der Waals surface area (Å²) in [7, 11) is 0. The fourth-order valence-corrected chi connectivity index (χ4v) is 7.95. The van der Waals surface area contributed by atoms with Gasteiger partial charge in [0.1, 0.15) is 11.3 Å². The van der Waals surface area contributed by atoms with E-state index in [4.69, 9.17) is 9.47 Å². The second kappa shape index (κ2) is 13.7. The van der Waals surface area contributed by atoms with Gasteiger partial charge in [-0.05, 0) is 66.4 Å². The molecule has 49 heavy (non-hydrogen) atoms. The van der Waals surface area contributed by atoms with E-state index in [0.29, 0.717) is 57.4 Å². The zero-order valence-corrected chi connectivity index (χ0v) is 28.8. The van der Waals surface area contributed by atoms with Gasteiger partial charge in [0.15, 0.2) is 21.6 Å². The molecule has 1 aliphatic rings. The number of rotatable bonds is 11. The molecule has 1 amide bonds. The van der Waals surface area contributed by atoms with Crippen molar-refractivity contribution in [3.63, 3.8) is 0 Å². The number of Topliss-reactive ketones (excluding diaryl/α,β-unsaturated/α-hetero) is 1. The summed E-state index contributed by atoms with van der Waals surface area (Å²) in [6.07, 6.45) is 2.57. The van der Waals surface area contributed by atoms with E-state index in [-0.39, 0.29) is 16.5 Å². The molecule has 6 aromatic rings. The van der Waals surface area contributed by atoms with Crippen LogP contribution in [-0.2, 0) is 15.3 Å². The van der Waals surface area contributed by atoms with Crippen molar-refractivity contribution < 1.29 is 24.2 Å². The molecule has 7 rings (SSSR count). The molecule has 1 unspecified atom stereocenters. The highest BCUT2D eigenvalue weighted by Crippen LogP contribution is 2.46. The lowest BCUT2D eigenvalue weighted by Gasteiger charge is -2.23. The Bertz CT molecular complexity index is 2240. The number of aliphatic hydroxyl groups excluding tert-OH is 1. The Hall–Kier alpha value is -5.20. The van der Waals surface area contributed by atoms with Crippen molar-refractivity contribution in [2.24, 2.45) is 0 Å². The van der Waals surface area contributed by atoms with Crippen LogP contribution in [0, 0.1) is 6.92 Å². The number of carbonyl (C=O) groups is 2. The van der Waals surface area contributed by atoms with E-state index in [2.05, 4.69) is 39.4 Å². The highest BCUT2D eigenvalue weighted by atomic mass is 32.2. The number of carbonyl (C=O) groups excluding carboxylic acids is 2. The fraction of sp³-hybridized carbons (Fsp3) is 0.216. The number of ether oxygens (including phenoxy) is 2. The van der Waals surface area contributed by atoms with Gasteiger partial charge >= 0.3 is 5.91 Å². The third-order valence-corrected chi connectivity index (χ3v) is 10.4. The van der Waals surface area contributed by atoms with E-state index >= 15 is 0 Å². The Labute approximate surface area is 291 Å². The van der Waals surface area contributed by atoms with E-state index in [1.807, 2.05) is 50.2 Å². The van der Waals surface area contributed by atoms with E-state index in [0.717, 1.165) is 22.8 Å². The number of pyridine rings is 1. The number of imidazole rings is 1. The van der Waals surface area contributed by atoms with Crippen molar-refractivity contribution in [3.05, 3.63) is 113 Å². The first-order chi connectivity index (χ1) is 23.9. The summed E-state index contributed by atoms with van der Waals surface area (Å²) < 4.78 is 14.2. The predicted molar refractivity (Wildman–Crippen MR) is 192 cm³/mol. The van der Waals surface area contributed by atoms with Gasteiger partial charge in [-0.3, -0.25) is 18.9 Å². The summed E-state index contributed by atoms with van der Waals surface area (Å²) in [5.41, 5.74) is 3.05. The molecule has 1 atom stereocenters. The maximum absolute atomic E-state index is 14.0. The van der Waals surface area contributed by atoms with E-state index in [1.165, 1.54) is 28.0 Å². The van der Waals surface area contributed by atoms with Gasteiger partial charge in [0.25, 0.3) is 5.78 Å². The van der Waals surface area contributed by atoms with Gasteiger partial charge in [0, 0.05) is 11.9 Å². The van der Waals surface area contributed by atoms with Crippen LogP contribution in [0.15, 0.2) is 95.0 Å². The predicted octanol–water partition coefficient (Wildman–Crippen LogP) is 7.75. The number of aryl methyl sites for hydroxylation is 1. The number of nitrogens with zero attached hydrogens (tertiary/aromatic N) is 5. The Morgan fingerprint density at radius 2 is 1.78 bits per heavy atom. The number of anilines is 1. The number of amides is 1.